The zero-order valence-electron chi connectivity index (χ0n) is 13.1. The number of phenols is 1. The molecule has 2 N–H and O–H groups in total. The summed E-state index contributed by atoms with van der Waals surface area (Å²) >= 11 is 0. The second-order valence-electron chi connectivity index (χ2n) is 6.12. The molecule has 23 heavy (non-hydrogen) atoms. The third-order valence-electron chi connectivity index (χ3n) is 4.15. The molecule has 0 bridgehead atoms. The molecule has 124 valence electrons. The van der Waals surface area contributed by atoms with E-state index in [0.717, 1.165) is 18.4 Å². The molecule has 6 heteroatoms. The van der Waals surface area contributed by atoms with E-state index in [1.54, 1.807) is 29.1 Å². The van der Waals surface area contributed by atoms with Crippen LogP contribution in [0.3, 0.4) is 0 Å². The van der Waals surface area contributed by atoms with Crippen molar-refractivity contribution in [1.82, 2.24) is 15.0 Å². The van der Waals surface area contributed by atoms with E-state index in [4.69, 9.17) is 4.74 Å². The normalized spacial score (nSPS) is 17.3. The SMILES string of the molecule is Oc1cccc(-c2cn(CC(O)COC3CCCCC3)nn2)c1. The van der Waals surface area contributed by atoms with Gasteiger partial charge in [0.05, 0.1) is 31.6 Å². The van der Waals surface area contributed by atoms with Gasteiger partial charge in [0.15, 0.2) is 0 Å². The molecule has 0 radical (unpaired) electrons. The lowest BCUT2D eigenvalue weighted by molar-refractivity contribution is -0.0294. The Labute approximate surface area is 135 Å². The van der Waals surface area contributed by atoms with E-state index >= 15 is 0 Å². The van der Waals surface area contributed by atoms with Crippen LogP contribution in [0.5, 0.6) is 5.75 Å². The number of aliphatic hydroxyl groups excluding tert-OH is 1. The fourth-order valence-electron chi connectivity index (χ4n) is 2.93. The highest BCUT2D eigenvalue weighted by molar-refractivity contribution is 5.59. The lowest BCUT2D eigenvalue weighted by Gasteiger charge is -2.23. The Bertz CT molecular complexity index is 623. The van der Waals surface area contributed by atoms with Crippen LogP contribution in [0.15, 0.2) is 30.5 Å². The van der Waals surface area contributed by atoms with Gasteiger partial charge in [-0.15, -0.1) is 5.10 Å². The molecule has 1 aromatic heterocycles. The molecule has 2 aromatic rings. The topological polar surface area (TPSA) is 80.4 Å². The van der Waals surface area contributed by atoms with Gasteiger partial charge in [-0.1, -0.05) is 36.6 Å². The maximum Gasteiger partial charge on any atom is 0.116 e. The Kier molecular flexibility index (Phi) is 5.25. The van der Waals surface area contributed by atoms with Crippen molar-refractivity contribution in [2.45, 2.75) is 50.9 Å². The zero-order chi connectivity index (χ0) is 16.1. The number of benzene rings is 1. The number of hydrogen-bond donors (Lipinski definition) is 2. The van der Waals surface area contributed by atoms with Crippen LogP contribution in [0, 0.1) is 0 Å². The van der Waals surface area contributed by atoms with Gasteiger partial charge in [0.1, 0.15) is 11.4 Å². The molecule has 0 saturated heterocycles. The minimum atomic E-state index is -0.601. The molecule has 3 rings (SSSR count). The average molecular weight is 317 g/mol. The number of phenolic OH excluding ortho intramolecular Hbond substituents is 1. The van der Waals surface area contributed by atoms with Crippen LogP contribution in [-0.2, 0) is 11.3 Å². The first-order chi connectivity index (χ1) is 11.2. The van der Waals surface area contributed by atoms with Gasteiger partial charge in [0.25, 0.3) is 0 Å². The van der Waals surface area contributed by atoms with Crippen molar-refractivity contribution in [3.05, 3.63) is 30.5 Å². The van der Waals surface area contributed by atoms with E-state index in [1.165, 1.54) is 19.3 Å². The Morgan fingerprint density at radius 3 is 2.87 bits per heavy atom. The van der Waals surface area contributed by atoms with Gasteiger partial charge in [0, 0.05) is 5.56 Å². The van der Waals surface area contributed by atoms with Gasteiger partial charge in [-0.25, -0.2) is 4.68 Å². The molecule has 1 heterocycles. The predicted octanol–water partition coefficient (Wildman–Crippen LogP) is 2.36. The van der Waals surface area contributed by atoms with Crippen LogP contribution < -0.4 is 0 Å². The summed E-state index contributed by atoms with van der Waals surface area (Å²) in [5, 5.41) is 27.7. The van der Waals surface area contributed by atoms with Crippen LogP contribution >= 0.6 is 0 Å². The van der Waals surface area contributed by atoms with Gasteiger partial charge >= 0.3 is 0 Å². The van der Waals surface area contributed by atoms with Crippen molar-refractivity contribution in [1.29, 1.82) is 0 Å². The first-order valence-electron chi connectivity index (χ1n) is 8.20. The predicted molar refractivity (Wildman–Crippen MR) is 86.0 cm³/mol. The molecule has 0 spiro atoms. The Morgan fingerprint density at radius 1 is 1.26 bits per heavy atom. The van der Waals surface area contributed by atoms with Crippen LogP contribution in [-0.4, -0.2) is 44.0 Å². The molecule has 1 aliphatic carbocycles. The van der Waals surface area contributed by atoms with Crippen molar-refractivity contribution in [3.8, 4) is 17.0 Å². The number of aromatic hydroxyl groups is 1. The summed E-state index contributed by atoms with van der Waals surface area (Å²) in [5.74, 6) is 0.193. The van der Waals surface area contributed by atoms with Crippen LogP contribution in [0.25, 0.3) is 11.3 Å². The first kappa shape index (κ1) is 16.0. The number of aromatic nitrogens is 3. The molecule has 1 aromatic carbocycles. The van der Waals surface area contributed by atoms with Gasteiger partial charge in [0.2, 0.25) is 0 Å². The highest BCUT2D eigenvalue weighted by Gasteiger charge is 2.16. The zero-order valence-corrected chi connectivity index (χ0v) is 13.1. The molecule has 0 amide bonds. The van der Waals surface area contributed by atoms with Crippen molar-refractivity contribution in [3.63, 3.8) is 0 Å². The summed E-state index contributed by atoms with van der Waals surface area (Å²) in [6, 6.07) is 6.87. The fourth-order valence-corrected chi connectivity index (χ4v) is 2.93. The summed E-state index contributed by atoms with van der Waals surface area (Å²) in [6.45, 7) is 0.671. The van der Waals surface area contributed by atoms with Gasteiger partial charge in [-0.05, 0) is 25.0 Å². The molecule has 6 nitrogen and oxygen atoms in total. The van der Waals surface area contributed by atoms with Gasteiger partial charge in [-0.2, -0.15) is 0 Å². The summed E-state index contributed by atoms with van der Waals surface area (Å²) in [6.07, 6.45) is 7.37. The van der Waals surface area contributed by atoms with Crippen LogP contribution in [0.4, 0.5) is 0 Å². The molecule has 1 aliphatic rings. The quantitative estimate of drug-likeness (QED) is 0.855. The van der Waals surface area contributed by atoms with Crippen molar-refractivity contribution in [2.24, 2.45) is 0 Å². The average Bonchev–Trinajstić information content (AvgIpc) is 3.02. The standard InChI is InChI=1S/C17H23N3O3/c21-14-6-4-5-13(9-14)17-11-20(19-18-17)10-15(22)12-23-16-7-2-1-3-8-16/h4-6,9,11,15-16,21-22H,1-3,7-8,10,12H2. The second-order valence-corrected chi connectivity index (χ2v) is 6.12. The minimum absolute atomic E-state index is 0.193. The number of hydrogen-bond acceptors (Lipinski definition) is 5. The summed E-state index contributed by atoms with van der Waals surface area (Å²) in [5.41, 5.74) is 1.46. The third-order valence-corrected chi connectivity index (χ3v) is 4.15. The van der Waals surface area contributed by atoms with Crippen LogP contribution in [0.2, 0.25) is 0 Å². The number of aliphatic hydroxyl groups is 1. The van der Waals surface area contributed by atoms with E-state index < -0.39 is 6.10 Å². The van der Waals surface area contributed by atoms with Crippen LogP contribution in [0.1, 0.15) is 32.1 Å². The smallest absolute Gasteiger partial charge is 0.116 e. The van der Waals surface area contributed by atoms with E-state index in [2.05, 4.69) is 10.3 Å². The first-order valence-corrected chi connectivity index (χ1v) is 8.20. The molecular weight excluding hydrogens is 294 g/mol. The van der Waals surface area contributed by atoms with Gasteiger partial charge < -0.3 is 14.9 Å². The lowest BCUT2D eigenvalue weighted by Crippen LogP contribution is -2.27. The Hall–Kier alpha value is -1.92. The van der Waals surface area contributed by atoms with E-state index in [9.17, 15) is 10.2 Å². The largest absolute Gasteiger partial charge is 0.508 e. The molecule has 0 aliphatic heterocycles. The minimum Gasteiger partial charge on any atom is -0.508 e. The third kappa shape index (κ3) is 4.53. The van der Waals surface area contributed by atoms with Crippen molar-refractivity contribution >= 4 is 0 Å². The fraction of sp³-hybridized carbons (Fsp3) is 0.529. The molecular formula is C17H23N3O3. The monoisotopic (exact) mass is 317 g/mol. The number of ether oxygens (including phenoxy) is 1. The number of nitrogens with zero attached hydrogens (tertiary/aromatic N) is 3. The summed E-state index contributed by atoms with van der Waals surface area (Å²) in [7, 11) is 0. The molecule has 1 saturated carbocycles. The number of rotatable bonds is 6. The van der Waals surface area contributed by atoms with Crippen molar-refractivity contribution in [2.75, 3.05) is 6.61 Å². The molecule has 1 fully saturated rings. The maximum atomic E-state index is 10.1. The second kappa shape index (κ2) is 7.57. The summed E-state index contributed by atoms with van der Waals surface area (Å²) < 4.78 is 7.38. The molecule has 1 atom stereocenters. The van der Waals surface area contributed by atoms with E-state index in [1.807, 2.05) is 6.07 Å². The van der Waals surface area contributed by atoms with E-state index in [0.29, 0.717) is 18.8 Å². The lowest BCUT2D eigenvalue weighted by atomic mass is 9.98. The Morgan fingerprint density at radius 2 is 2.09 bits per heavy atom. The van der Waals surface area contributed by atoms with E-state index in [-0.39, 0.29) is 11.9 Å². The molecule has 1 unspecified atom stereocenters. The maximum absolute atomic E-state index is 10.1. The Balaban J connectivity index is 1.52. The van der Waals surface area contributed by atoms with Crippen molar-refractivity contribution < 1.29 is 14.9 Å². The summed E-state index contributed by atoms with van der Waals surface area (Å²) in [4.78, 5) is 0. The van der Waals surface area contributed by atoms with Gasteiger partial charge in [-0.3, -0.25) is 0 Å². The highest BCUT2D eigenvalue weighted by atomic mass is 16.5. The highest BCUT2D eigenvalue weighted by Crippen LogP contribution is 2.21.